The molecule has 0 atom stereocenters. The molecule has 2 rings (SSSR count). The number of fused-ring (bicyclic) bond motifs is 1. The summed E-state index contributed by atoms with van der Waals surface area (Å²) in [6.07, 6.45) is -0.620. The molecule has 0 heterocycles. The molecule has 4 heteroatoms. The fraction of sp³-hybridized carbons (Fsp3) is 0.214. The minimum absolute atomic E-state index is 0.538. The van der Waals surface area contributed by atoms with E-state index >= 15 is 0 Å². The van der Waals surface area contributed by atoms with Crippen LogP contribution in [0.5, 0.6) is 5.75 Å². The third-order valence-corrected chi connectivity index (χ3v) is 3.11. The van der Waals surface area contributed by atoms with E-state index in [1.54, 1.807) is 6.07 Å². The van der Waals surface area contributed by atoms with Crippen LogP contribution in [0, 0.1) is 0 Å². The molecule has 2 aromatic carbocycles. The molecule has 0 aromatic heterocycles. The highest BCUT2D eigenvalue weighted by atomic mass is 28.4. The second kappa shape index (κ2) is 4.82. The molecule has 0 fully saturated rings. The normalized spacial score (nSPS) is 11.3. The van der Waals surface area contributed by atoms with Crippen LogP contribution < -0.4 is 4.74 Å². The van der Waals surface area contributed by atoms with Gasteiger partial charge in [0, 0.05) is 5.39 Å². The molecule has 0 aliphatic carbocycles. The van der Waals surface area contributed by atoms with Gasteiger partial charge < -0.3 is 9.16 Å². The number of carbonyl (C=O) groups is 1. The average Bonchev–Trinajstić information content (AvgIpc) is 2.27. The summed E-state index contributed by atoms with van der Waals surface area (Å²) in [5.41, 5.74) is 0. The Labute approximate surface area is 107 Å². The third kappa shape index (κ3) is 3.11. The average molecular weight is 260 g/mol. The Balaban J connectivity index is 2.24. The van der Waals surface area contributed by atoms with E-state index in [1.807, 2.05) is 56.0 Å². The third-order valence-electron chi connectivity index (χ3n) is 2.33. The van der Waals surface area contributed by atoms with Gasteiger partial charge in [-0.2, -0.15) is 0 Å². The lowest BCUT2D eigenvalue weighted by Crippen LogP contribution is -2.30. The van der Waals surface area contributed by atoms with Crippen LogP contribution in [0.1, 0.15) is 0 Å². The van der Waals surface area contributed by atoms with Crippen LogP contribution in [0.2, 0.25) is 19.6 Å². The number of rotatable bonds is 2. The number of carbonyl (C=O) groups excluding carboxylic acids is 1. The van der Waals surface area contributed by atoms with Crippen molar-refractivity contribution in [3.05, 3.63) is 42.5 Å². The number of hydrogen-bond donors (Lipinski definition) is 0. The fourth-order valence-electron chi connectivity index (χ4n) is 1.65. The summed E-state index contributed by atoms with van der Waals surface area (Å²) < 4.78 is 10.5. The molecular weight excluding hydrogens is 244 g/mol. The SMILES string of the molecule is C[Si](C)(C)OC(=O)Oc1cccc2ccccc12. The molecule has 94 valence electrons. The van der Waals surface area contributed by atoms with Crippen LogP contribution >= 0.6 is 0 Å². The van der Waals surface area contributed by atoms with Gasteiger partial charge in [-0.1, -0.05) is 36.4 Å². The largest absolute Gasteiger partial charge is 0.499 e. The van der Waals surface area contributed by atoms with E-state index in [4.69, 9.17) is 9.16 Å². The molecule has 0 spiro atoms. The summed E-state index contributed by atoms with van der Waals surface area (Å²) in [6, 6.07) is 13.4. The zero-order chi connectivity index (χ0) is 13.2. The Morgan fingerprint density at radius 3 is 2.39 bits per heavy atom. The molecule has 18 heavy (non-hydrogen) atoms. The van der Waals surface area contributed by atoms with E-state index in [0.29, 0.717) is 5.75 Å². The van der Waals surface area contributed by atoms with E-state index in [-0.39, 0.29) is 0 Å². The highest BCUT2D eigenvalue weighted by Crippen LogP contribution is 2.25. The van der Waals surface area contributed by atoms with E-state index in [9.17, 15) is 4.79 Å². The van der Waals surface area contributed by atoms with Crippen molar-refractivity contribution in [2.45, 2.75) is 19.6 Å². The predicted octanol–water partition coefficient (Wildman–Crippen LogP) is 4.19. The van der Waals surface area contributed by atoms with Crippen molar-refractivity contribution in [3.63, 3.8) is 0 Å². The molecule has 0 aliphatic heterocycles. The summed E-state index contributed by atoms with van der Waals surface area (Å²) in [6.45, 7) is 5.83. The molecule has 0 bridgehead atoms. The van der Waals surface area contributed by atoms with E-state index in [1.165, 1.54) is 0 Å². The van der Waals surface area contributed by atoms with Gasteiger partial charge >= 0.3 is 6.16 Å². The van der Waals surface area contributed by atoms with E-state index in [2.05, 4.69) is 0 Å². The maximum absolute atomic E-state index is 11.7. The number of hydrogen-bond acceptors (Lipinski definition) is 3. The van der Waals surface area contributed by atoms with E-state index < -0.39 is 14.5 Å². The van der Waals surface area contributed by atoms with E-state index in [0.717, 1.165) is 10.8 Å². The van der Waals surface area contributed by atoms with Gasteiger partial charge in [-0.25, -0.2) is 4.79 Å². The van der Waals surface area contributed by atoms with Crippen LogP contribution in [0.3, 0.4) is 0 Å². The highest BCUT2D eigenvalue weighted by molar-refractivity contribution is 6.71. The molecule has 3 nitrogen and oxygen atoms in total. The van der Waals surface area contributed by atoms with Crippen molar-refractivity contribution in [1.29, 1.82) is 0 Å². The monoisotopic (exact) mass is 260 g/mol. The molecule has 0 saturated carbocycles. The second-order valence-electron chi connectivity index (χ2n) is 5.04. The van der Waals surface area contributed by atoms with Crippen molar-refractivity contribution in [2.75, 3.05) is 0 Å². The molecule has 0 aliphatic rings. The Bertz CT molecular complexity index is 567. The topological polar surface area (TPSA) is 35.5 Å². The number of ether oxygens (including phenoxy) is 1. The Hall–Kier alpha value is -1.81. The maximum Gasteiger partial charge on any atom is 0.499 e. The lowest BCUT2D eigenvalue weighted by atomic mass is 10.1. The standard InChI is InChI=1S/C14H16O3Si/c1-18(2,3)17-14(15)16-13-10-6-8-11-7-4-5-9-12(11)13/h4-10H,1-3H3. The van der Waals surface area contributed by atoms with Gasteiger partial charge in [-0.15, -0.1) is 0 Å². The van der Waals surface area contributed by atoms with Crippen LogP contribution in [-0.4, -0.2) is 14.5 Å². The second-order valence-corrected chi connectivity index (χ2v) is 9.47. The van der Waals surface area contributed by atoms with Crippen molar-refractivity contribution in [1.82, 2.24) is 0 Å². The minimum Gasteiger partial charge on any atom is -0.489 e. The molecule has 2 aromatic rings. The van der Waals surface area contributed by atoms with Gasteiger partial charge in [0.15, 0.2) is 0 Å². The summed E-state index contributed by atoms with van der Waals surface area (Å²) in [5.74, 6) is 0.538. The fourth-order valence-corrected chi connectivity index (χ4v) is 2.19. The van der Waals surface area contributed by atoms with Crippen LogP contribution in [0.15, 0.2) is 42.5 Å². The van der Waals surface area contributed by atoms with Crippen molar-refractivity contribution >= 4 is 25.2 Å². The lowest BCUT2D eigenvalue weighted by molar-refractivity contribution is 0.150. The maximum atomic E-state index is 11.7. The molecule has 0 N–H and O–H groups in total. The summed E-state index contributed by atoms with van der Waals surface area (Å²) in [5, 5.41) is 1.95. The first-order chi connectivity index (χ1) is 8.46. The lowest BCUT2D eigenvalue weighted by Gasteiger charge is -2.17. The zero-order valence-corrected chi connectivity index (χ0v) is 11.8. The summed E-state index contributed by atoms with van der Waals surface area (Å²) in [7, 11) is -1.92. The molecule has 0 amide bonds. The molecule has 0 radical (unpaired) electrons. The minimum atomic E-state index is -1.92. The Morgan fingerprint density at radius 1 is 1.00 bits per heavy atom. The summed E-state index contributed by atoms with van der Waals surface area (Å²) >= 11 is 0. The highest BCUT2D eigenvalue weighted by Gasteiger charge is 2.21. The van der Waals surface area contributed by atoms with Gasteiger partial charge in [-0.05, 0) is 31.1 Å². The smallest absolute Gasteiger partial charge is 0.489 e. The summed E-state index contributed by atoms with van der Waals surface area (Å²) in [4.78, 5) is 11.7. The number of benzene rings is 2. The quantitative estimate of drug-likeness (QED) is 0.461. The Kier molecular flexibility index (Phi) is 3.38. The van der Waals surface area contributed by atoms with Gasteiger partial charge in [0.1, 0.15) is 5.75 Å². The van der Waals surface area contributed by atoms with Gasteiger partial charge in [0.05, 0.1) is 0 Å². The first-order valence-corrected chi connectivity index (χ1v) is 9.25. The van der Waals surface area contributed by atoms with Gasteiger partial charge in [0.2, 0.25) is 0 Å². The molecule has 0 unspecified atom stereocenters. The van der Waals surface area contributed by atoms with Gasteiger partial charge in [0.25, 0.3) is 8.32 Å². The van der Waals surface area contributed by atoms with Gasteiger partial charge in [-0.3, -0.25) is 0 Å². The molecular formula is C14H16O3Si. The van der Waals surface area contributed by atoms with Crippen LogP contribution in [-0.2, 0) is 4.43 Å². The van der Waals surface area contributed by atoms with Crippen LogP contribution in [0.25, 0.3) is 10.8 Å². The first kappa shape index (κ1) is 12.6. The van der Waals surface area contributed by atoms with Crippen molar-refractivity contribution < 1.29 is 14.0 Å². The predicted molar refractivity (Wildman–Crippen MR) is 74.4 cm³/mol. The molecule has 0 saturated heterocycles. The van der Waals surface area contributed by atoms with Crippen LogP contribution in [0.4, 0.5) is 4.79 Å². The Morgan fingerprint density at radius 2 is 1.67 bits per heavy atom. The van der Waals surface area contributed by atoms with Crippen molar-refractivity contribution in [3.8, 4) is 5.75 Å². The zero-order valence-electron chi connectivity index (χ0n) is 10.8. The van der Waals surface area contributed by atoms with Crippen molar-refractivity contribution in [2.24, 2.45) is 0 Å². The first-order valence-electron chi connectivity index (χ1n) is 5.84.